The first kappa shape index (κ1) is 16.3. The second kappa shape index (κ2) is 6.13. The van der Waals surface area contributed by atoms with E-state index in [-0.39, 0.29) is 5.69 Å². The topological polar surface area (TPSA) is 42.0 Å². The molecule has 1 heterocycles. The number of anilines is 1. The number of rotatable bonds is 2. The summed E-state index contributed by atoms with van der Waals surface area (Å²) in [5, 5.41) is 3.52. The fourth-order valence-electron chi connectivity index (χ4n) is 2.36. The van der Waals surface area contributed by atoms with Crippen molar-refractivity contribution < 1.29 is 18.0 Å². The minimum absolute atomic E-state index is 0.289. The molecular formula is C17H10ClF3N2O. The predicted molar refractivity (Wildman–Crippen MR) is 86.2 cm³/mol. The summed E-state index contributed by atoms with van der Waals surface area (Å²) >= 11 is 6.07. The van der Waals surface area contributed by atoms with E-state index >= 15 is 0 Å². The van der Waals surface area contributed by atoms with Crippen molar-refractivity contribution >= 4 is 34.1 Å². The van der Waals surface area contributed by atoms with Crippen molar-refractivity contribution in [3.63, 3.8) is 0 Å². The summed E-state index contributed by atoms with van der Waals surface area (Å²) in [6, 6.07) is 11.1. The molecule has 3 aromatic rings. The molecule has 0 atom stereocenters. The molecule has 0 radical (unpaired) electrons. The van der Waals surface area contributed by atoms with Gasteiger partial charge in [0.15, 0.2) is 0 Å². The molecule has 7 heteroatoms. The van der Waals surface area contributed by atoms with Crippen LogP contribution in [0, 0.1) is 0 Å². The van der Waals surface area contributed by atoms with E-state index in [9.17, 15) is 18.0 Å². The molecule has 1 amide bonds. The van der Waals surface area contributed by atoms with Gasteiger partial charge >= 0.3 is 6.18 Å². The van der Waals surface area contributed by atoms with Gasteiger partial charge in [0.2, 0.25) is 0 Å². The molecule has 0 saturated carbocycles. The van der Waals surface area contributed by atoms with Crippen LogP contribution in [0.15, 0.2) is 54.7 Å². The van der Waals surface area contributed by atoms with Crippen LogP contribution in [0.2, 0.25) is 5.02 Å². The smallest absolute Gasteiger partial charge is 0.320 e. The number of nitrogens with one attached hydrogen (secondary N) is 1. The molecule has 2 aromatic carbocycles. The largest absolute Gasteiger partial charge is 0.417 e. The van der Waals surface area contributed by atoms with Crippen molar-refractivity contribution in [1.82, 2.24) is 4.98 Å². The average molecular weight is 351 g/mol. The van der Waals surface area contributed by atoms with E-state index < -0.39 is 23.2 Å². The van der Waals surface area contributed by atoms with Gasteiger partial charge in [-0.05, 0) is 36.4 Å². The van der Waals surface area contributed by atoms with Crippen LogP contribution in [-0.2, 0) is 6.18 Å². The van der Waals surface area contributed by atoms with Crippen LogP contribution in [0.5, 0.6) is 0 Å². The highest BCUT2D eigenvalue weighted by atomic mass is 35.5. The third-order valence-corrected chi connectivity index (χ3v) is 3.77. The average Bonchev–Trinajstić information content (AvgIpc) is 2.57. The van der Waals surface area contributed by atoms with Gasteiger partial charge in [0, 0.05) is 11.6 Å². The standard InChI is InChI=1S/C17H10ClF3N2O/c18-13-7-8-14(15-11(13)5-3-9-22-15)23-16(24)10-4-1-2-6-12(10)17(19,20)21/h1-9H,(H,23,24). The lowest BCUT2D eigenvalue weighted by Crippen LogP contribution is -2.18. The van der Waals surface area contributed by atoms with E-state index in [4.69, 9.17) is 11.6 Å². The second-order valence-corrected chi connectivity index (χ2v) is 5.40. The van der Waals surface area contributed by atoms with Gasteiger partial charge in [0.25, 0.3) is 5.91 Å². The van der Waals surface area contributed by atoms with E-state index in [0.717, 1.165) is 12.1 Å². The first-order valence-electron chi connectivity index (χ1n) is 6.89. The number of aromatic nitrogens is 1. The summed E-state index contributed by atoms with van der Waals surface area (Å²) in [5.74, 6) is -0.864. The van der Waals surface area contributed by atoms with Crippen molar-refractivity contribution in [1.29, 1.82) is 0 Å². The quantitative estimate of drug-likeness (QED) is 0.693. The van der Waals surface area contributed by atoms with Gasteiger partial charge in [-0.1, -0.05) is 23.7 Å². The van der Waals surface area contributed by atoms with Crippen LogP contribution < -0.4 is 5.32 Å². The Balaban J connectivity index is 2.02. The summed E-state index contributed by atoms with van der Waals surface area (Å²) in [6.45, 7) is 0. The van der Waals surface area contributed by atoms with Crippen LogP contribution in [0.25, 0.3) is 10.9 Å². The van der Waals surface area contributed by atoms with Crippen molar-refractivity contribution in [2.45, 2.75) is 6.18 Å². The van der Waals surface area contributed by atoms with E-state index in [0.29, 0.717) is 15.9 Å². The number of halogens is 4. The number of pyridine rings is 1. The van der Waals surface area contributed by atoms with Gasteiger partial charge < -0.3 is 5.32 Å². The van der Waals surface area contributed by atoms with Crippen LogP contribution in [-0.4, -0.2) is 10.9 Å². The summed E-state index contributed by atoms with van der Waals surface area (Å²) < 4.78 is 39.1. The van der Waals surface area contributed by atoms with Gasteiger partial charge in [-0.3, -0.25) is 9.78 Å². The summed E-state index contributed by atoms with van der Waals surface area (Å²) in [5.41, 5.74) is -0.752. The summed E-state index contributed by atoms with van der Waals surface area (Å²) in [7, 11) is 0. The van der Waals surface area contributed by atoms with Gasteiger partial charge in [-0.15, -0.1) is 0 Å². The molecule has 0 saturated heterocycles. The molecule has 122 valence electrons. The Hall–Kier alpha value is -2.60. The molecule has 1 N–H and O–H groups in total. The zero-order valence-electron chi connectivity index (χ0n) is 12.1. The highest BCUT2D eigenvalue weighted by Gasteiger charge is 2.34. The van der Waals surface area contributed by atoms with Gasteiger partial charge in [0.05, 0.1) is 27.4 Å². The van der Waals surface area contributed by atoms with Crippen molar-refractivity contribution in [2.75, 3.05) is 5.32 Å². The number of carbonyl (C=O) groups is 1. The van der Waals surface area contributed by atoms with Crippen LogP contribution in [0.4, 0.5) is 18.9 Å². The Bertz CT molecular complexity index is 925. The molecule has 3 nitrogen and oxygen atoms in total. The number of benzene rings is 2. The lowest BCUT2D eigenvalue weighted by Gasteiger charge is -2.13. The third-order valence-electron chi connectivity index (χ3n) is 3.44. The number of hydrogen-bond donors (Lipinski definition) is 1. The van der Waals surface area contributed by atoms with Crippen LogP contribution >= 0.6 is 11.6 Å². The Kier molecular flexibility index (Phi) is 4.15. The number of nitrogens with zero attached hydrogens (tertiary/aromatic N) is 1. The molecule has 1 aromatic heterocycles. The third kappa shape index (κ3) is 3.05. The SMILES string of the molecule is O=C(Nc1ccc(Cl)c2cccnc12)c1ccccc1C(F)(F)F. The maximum atomic E-state index is 13.0. The molecule has 0 aliphatic carbocycles. The number of fused-ring (bicyclic) bond motifs is 1. The van der Waals surface area contributed by atoms with Gasteiger partial charge in [-0.25, -0.2) is 0 Å². The minimum atomic E-state index is -4.62. The molecule has 0 unspecified atom stereocenters. The number of carbonyl (C=O) groups excluding carboxylic acids is 1. The van der Waals surface area contributed by atoms with Gasteiger partial charge in [-0.2, -0.15) is 13.2 Å². The Morgan fingerprint density at radius 1 is 1.04 bits per heavy atom. The van der Waals surface area contributed by atoms with E-state index in [2.05, 4.69) is 10.3 Å². The molecule has 0 aliphatic rings. The number of alkyl halides is 3. The molecule has 24 heavy (non-hydrogen) atoms. The van der Waals surface area contributed by atoms with Crippen LogP contribution in [0.3, 0.4) is 0 Å². The monoisotopic (exact) mass is 350 g/mol. The molecule has 3 rings (SSSR count). The first-order valence-corrected chi connectivity index (χ1v) is 7.26. The predicted octanol–water partition coefficient (Wildman–Crippen LogP) is 5.16. The lowest BCUT2D eigenvalue weighted by atomic mass is 10.1. The normalized spacial score (nSPS) is 11.5. The zero-order valence-corrected chi connectivity index (χ0v) is 12.8. The first-order chi connectivity index (χ1) is 11.4. The van der Waals surface area contributed by atoms with Crippen molar-refractivity contribution in [3.05, 3.63) is 70.9 Å². The van der Waals surface area contributed by atoms with Gasteiger partial charge in [0.1, 0.15) is 0 Å². The van der Waals surface area contributed by atoms with E-state index in [1.165, 1.54) is 24.4 Å². The zero-order chi connectivity index (χ0) is 17.3. The maximum absolute atomic E-state index is 13.0. The fraction of sp³-hybridized carbons (Fsp3) is 0.0588. The fourth-order valence-corrected chi connectivity index (χ4v) is 2.57. The van der Waals surface area contributed by atoms with Crippen molar-refractivity contribution in [2.24, 2.45) is 0 Å². The molecule has 0 aliphatic heterocycles. The molecular weight excluding hydrogens is 341 g/mol. The highest BCUT2D eigenvalue weighted by Crippen LogP contribution is 2.33. The van der Waals surface area contributed by atoms with E-state index in [1.807, 2.05) is 0 Å². The molecule has 0 spiro atoms. The Labute approximate surface area is 140 Å². The highest BCUT2D eigenvalue weighted by molar-refractivity contribution is 6.36. The Morgan fingerprint density at radius 3 is 2.54 bits per heavy atom. The van der Waals surface area contributed by atoms with E-state index in [1.54, 1.807) is 18.2 Å². The number of amides is 1. The maximum Gasteiger partial charge on any atom is 0.417 e. The summed E-state index contributed by atoms with van der Waals surface area (Å²) in [6.07, 6.45) is -3.10. The van der Waals surface area contributed by atoms with Crippen molar-refractivity contribution in [3.8, 4) is 0 Å². The molecule has 0 bridgehead atoms. The summed E-state index contributed by atoms with van der Waals surface area (Å²) in [4.78, 5) is 16.5. The second-order valence-electron chi connectivity index (χ2n) is 4.99. The number of hydrogen-bond acceptors (Lipinski definition) is 2. The minimum Gasteiger partial charge on any atom is -0.320 e. The lowest BCUT2D eigenvalue weighted by molar-refractivity contribution is -0.137. The Morgan fingerprint density at radius 2 is 1.79 bits per heavy atom. The molecule has 0 fully saturated rings. The van der Waals surface area contributed by atoms with Crippen LogP contribution in [0.1, 0.15) is 15.9 Å².